The van der Waals surface area contributed by atoms with Gasteiger partial charge in [-0.05, 0) is 79.2 Å². The maximum absolute atomic E-state index is 14.4. The van der Waals surface area contributed by atoms with Crippen LogP contribution >= 0.6 is 0 Å². The first-order valence-electron chi connectivity index (χ1n) is 15.5. The minimum absolute atomic E-state index is 0.0564. The van der Waals surface area contributed by atoms with Crippen molar-refractivity contribution in [1.29, 1.82) is 0 Å². The Balaban J connectivity index is 1.27. The van der Waals surface area contributed by atoms with Crippen LogP contribution in [0, 0.1) is 29.0 Å². The summed E-state index contributed by atoms with van der Waals surface area (Å²) in [4.78, 5) is 36.6. The van der Waals surface area contributed by atoms with E-state index < -0.39 is 17.1 Å². The molecule has 3 aromatic rings. The number of methoxy groups -OCH3 is 1. The van der Waals surface area contributed by atoms with Gasteiger partial charge in [-0.1, -0.05) is 26.8 Å². The van der Waals surface area contributed by atoms with Crippen LogP contribution in [0.2, 0.25) is 0 Å². The van der Waals surface area contributed by atoms with E-state index in [9.17, 15) is 14.0 Å². The number of ether oxygens (including phenoxy) is 1. The largest absolute Gasteiger partial charge is 0.497 e. The molecule has 0 unspecified atom stereocenters. The Morgan fingerprint density at radius 2 is 1.98 bits per heavy atom. The zero-order valence-electron chi connectivity index (χ0n) is 25.7. The molecule has 4 fully saturated rings. The lowest BCUT2D eigenvalue weighted by molar-refractivity contribution is -0.112. The summed E-state index contributed by atoms with van der Waals surface area (Å²) in [5, 5.41) is 7.74. The Bertz CT molecular complexity index is 1660. The number of piperazine rings is 1. The van der Waals surface area contributed by atoms with E-state index in [-0.39, 0.29) is 13.0 Å². The summed E-state index contributed by atoms with van der Waals surface area (Å²) < 4.78 is 20.6. The van der Waals surface area contributed by atoms with Crippen LogP contribution in [-0.4, -0.2) is 59.2 Å². The fourth-order valence-electron chi connectivity index (χ4n) is 7.55. The monoisotopic (exact) mass is 590 g/mol. The van der Waals surface area contributed by atoms with Crippen LogP contribution in [0.4, 0.5) is 10.1 Å². The van der Waals surface area contributed by atoms with Crippen LogP contribution in [0.25, 0.3) is 10.9 Å². The number of hydrogen-bond donors (Lipinski definition) is 3. The minimum atomic E-state index is -0.528. The third-order valence-corrected chi connectivity index (χ3v) is 10.4. The van der Waals surface area contributed by atoms with Crippen LogP contribution in [0.15, 0.2) is 51.0 Å². The third-order valence-electron chi connectivity index (χ3n) is 10.4. The molecule has 4 aliphatic rings. The number of fused-ring (bicyclic) bond motifs is 3. The zero-order valence-corrected chi connectivity index (χ0v) is 25.7. The maximum atomic E-state index is 14.4. The highest BCUT2D eigenvalue weighted by Gasteiger charge is 2.56. The van der Waals surface area contributed by atoms with E-state index in [1.807, 2.05) is 6.07 Å². The summed E-state index contributed by atoms with van der Waals surface area (Å²) >= 11 is 0. The molecule has 230 valence electrons. The topological polar surface area (TPSA) is 104 Å². The van der Waals surface area contributed by atoms with E-state index in [2.05, 4.69) is 48.2 Å². The lowest BCUT2D eigenvalue weighted by Crippen LogP contribution is -2.63. The van der Waals surface area contributed by atoms with E-state index in [0.29, 0.717) is 57.2 Å². The lowest BCUT2D eigenvalue weighted by atomic mass is 9.45. The third kappa shape index (κ3) is 5.57. The first-order valence-corrected chi connectivity index (χ1v) is 15.5. The van der Waals surface area contributed by atoms with Crippen molar-refractivity contribution in [1.82, 2.24) is 25.1 Å². The molecule has 2 heterocycles. The average Bonchev–Trinajstić information content (AvgIpc) is 2.97. The smallest absolute Gasteiger partial charge is 0.328 e. The predicted molar refractivity (Wildman–Crippen MR) is 168 cm³/mol. The van der Waals surface area contributed by atoms with Gasteiger partial charge in [-0.25, -0.2) is 14.2 Å². The van der Waals surface area contributed by atoms with Gasteiger partial charge in [-0.2, -0.15) is 0 Å². The van der Waals surface area contributed by atoms with Gasteiger partial charge >= 0.3 is 5.69 Å². The number of rotatable bonds is 6. The van der Waals surface area contributed by atoms with Crippen LogP contribution in [0.5, 0.6) is 5.75 Å². The van der Waals surface area contributed by atoms with Crippen molar-refractivity contribution >= 4 is 22.5 Å². The molecular formula is C33H43FN6O3. The minimum Gasteiger partial charge on any atom is -0.497 e. The molecule has 5 atom stereocenters. The van der Waals surface area contributed by atoms with Gasteiger partial charge in [-0.3, -0.25) is 9.36 Å². The number of nitrogens with zero attached hydrogens (tertiary/aromatic N) is 3. The molecule has 0 radical (unpaired) electrons. The van der Waals surface area contributed by atoms with E-state index in [1.54, 1.807) is 24.3 Å². The highest BCUT2D eigenvalue weighted by molar-refractivity contribution is 5.86. The molecule has 1 aliphatic heterocycles. The van der Waals surface area contributed by atoms with Crippen molar-refractivity contribution in [2.24, 2.45) is 28.2 Å². The number of aryl methyl sites for hydroxylation is 1. The summed E-state index contributed by atoms with van der Waals surface area (Å²) in [5.74, 6) is 2.81. The van der Waals surface area contributed by atoms with Crippen molar-refractivity contribution in [3.63, 3.8) is 0 Å². The molecule has 0 spiro atoms. The SMILES string of the molecule is COc1ccc(CCn2c(=O)[nH]c3cc(N=C(N[C@H]4C[C@@H]5C[C@@H]([C@H]4C)C5(C)C)N4CCN[C@@H](C)C4)ccc3c2=O)c(F)c1. The molecule has 43 heavy (non-hydrogen) atoms. The first kappa shape index (κ1) is 29.4. The van der Waals surface area contributed by atoms with Crippen molar-refractivity contribution in [3.8, 4) is 5.75 Å². The Morgan fingerprint density at radius 1 is 1.16 bits per heavy atom. The van der Waals surface area contributed by atoms with Crippen molar-refractivity contribution < 1.29 is 9.13 Å². The number of hydrogen-bond acceptors (Lipinski definition) is 5. The molecule has 1 aromatic heterocycles. The Kier molecular flexibility index (Phi) is 7.83. The fraction of sp³-hybridized carbons (Fsp3) is 0.545. The predicted octanol–water partition coefficient (Wildman–Crippen LogP) is 4.02. The molecule has 7 rings (SSSR count). The van der Waals surface area contributed by atoms with Gasteiger partial charge in [0, 0.05) is 44.3 Å². The second-order valence-corrected chi connectivity index (χ2v) is 13.3. The molecule has 3 aliphatic carbocycles. The number of benzene rings is 2. The number of aromatic nitrogens is 2. The summed E-state index contributed by atoms with van der Waals surface area (Å²) in [5.41, 5.74) is 0.981. The summed E-state index contributed by atoms with van der Waals surface area (Å²) in [7, 11) is 1.47. The first-order chi connectivity index (χ1) is 20.5. The molecule has 10 heteroatoms. The number of H-pyrrole nitrogens is 1. The highest BCUT2D eigenvalue weighted by atomic mass is 19.1. The number of nitrogens with one attached hydrogen (secondary N) is 3. The number of aromatic amines is 1. The standard InChI is InChI=1S/C33H43FN6O3/c1-19-18-39(13-11-35-19)31(37-28-15-22-14-26(20(28)2)33(22,3)4)36-23-7-9-25-29(16-23)38-32(42)40(30(25)41)12-10-21-6-8-24(43-5)17-27(21)34/h6-9,16-17,19-20,22,26,28,35H,10-15,18H2,1-5H3,(H,36,37)(H,38,42)/t19-,20+,22-,26-,28-/m0/s1. The summed E-state index contributed by atoms with van der Waals surface area (Å²) in [6, 6.07) is 10.6. The van der Waals surface area contributed by atoms with Crippen molar-refractivity contribution in [2.75, 3.05) is 26.7 Å². The van der Waals surface area contributed by atoms with E-state index in [0.717, 1.165) is 42.5 Å². The van der Waals surface area contributed by atoms with Gasteiger partial charge in [-0.15, -0.1) is 0 Å². The van der Waals surface area contributed by atoms with Gasteiger partial charge < -0.3 is 25.3 Å². The highest BCUT2D eigenvalue weighted by Crippen LogP contribution is 2.61. The van der Waals surface area contributed by atoms with Crippen molar-refractivity contribution in [2.45, 2.75) is 65.6 Å². The van der Waals surface area contributed by atoms with Crippen LogP contribution < -0.4 is 26.6 Å². The van der Waals surface area contributed by atoms with E-state index >= 15 is 0 Å². The number of aliphatic imine (C=N–C) groups is 1. The molecular weight excluding hydrogens is 547 g/mol. The van der Waals surface area contributed by atoms with Crippen LogP contribution in [-0.2, 0) is 13.0 Å². The van der Waals surface area contributed by atoms with Crippen LogP contribution in [0.3, 0.4) is 0 Å². The second-order valence-electron chi connectivity index (χ2n) is 13.3. The van der Waals surface area contributed by atoms with Crippen LogP contribution in [0.1, 0.15) is 46.1 Å². The average molecular weight is 591 g/mol. The molecule has 2 bridgehead atoms. The van der Waals surface area contributed by atoms with Gasteiger partial charge in [0.2, 0.25) is 0 Å². The fourth-order valence-corrected chi connectivity index (χ4v) is 7.55. The number of halogens is 1. The summed E-state index contributed by atoms with van der Waals surface area (Å²) in [6.07, 6.45) is 2.65. The second kappa shape index (κ2) is 11.4. The molecule has 0 amide bonds. The molecule has 2 aromatic carbocycles. The molecule has 1 saturated heterocycles. The van der Waals surface area contributed by atoms with Gasteiger partial charge in [0.1, 0.15) is 11.6 Å². The molecule has 3 N–H and O–H groups in total. The molecule has 3 saturated carbocycles. The maximum Gasteiger partial charge on any atom is 0.328 e. The Morgan fingerprint density at radius 3 is 2.67 bits per heavy atom. The Labute approximate surface area is 251 Å². The summed E-state index contributed by atoms with van der Waals surface area (Å²) in [6.45, 7) is 12.0. The molecule has 9 nitrogen and oxygen atoms in total. The van der Waals surface area contributed by atoms with Gasteiger partial charge in [0.05, 0.1) is 23.7 Å². The Hall–Kier alpha value is -3.66. The lowest BCUT2D eigenvalue weighted by Gasteiger charge is -2.62. The zero-order chi connectivity index (χ0) is 30.5. The number of guanidine groups is 1. The normalized spacial score (nSPS) is 26.7. The van der Waals surface area contributed by atoms with Gasteiger partial charge in [0.15, 0.2) is 5.96 Å². The van der Waals surface area contributed by atoms with Gasteiger partial charge in [0.25, 0.3) is 5.56 Å². The van der Waals surface area contributed by atoms with E-state index in [1.165, 1.54) is 19.6 Å². The quantitative estimate of drug-likeness (QED) is 0.296. The van der Waals surface area contributed by atoms with Crippen molar-refractivity contribution in [3.05, 3.63) is 68.6 Å². The van der Waals surface area contributed by atoms with E-state index in [4.69, 9.17) is 9.73 Å².